The molecule has 90 valence electrons. The number of hydrogen-bond donors (Lipinski definition) is 6. The van der Waals surface area contributed by atoms with Crippen LogP contribution in [0.5, 0.6) is 0 Å². The number of nitrogens with zero attached hydrogens (tertiary/aromatic N) is 4. The minimum Gasteiger partial charge on any atom is -0.370 e. The van der Waals surface area contributed by atoms with Gasteiger partial charge in [0.05, 0.1) is 13.1 Å². The van der Waals surface area contributed by atoms with Crippen molar-refractivity contribution in [2.75, 3.05) is 13.1 Å². The number of guanidine groups is 4. The van der Waals surface area contributed by atoms with Crippen LogP contribution in [0.4, 0.5) is 0 Å². The van der Waals surface area contributed by atoms with Crippen LogP contribution in [0.25, 0.3) is 0 Å². The van der Waals surface area contributed by atoms with Gasteiger partial charge in [-0.1, -0.05) is 0 Å². The summed E-state index contributed by atoms with van der Waals surface area (Å²) in [6, 6.07) is 0. The van der Waals surface area contributed by atoms with Crippen molar-refractivity contribution in [2.45, 2.75) is 0 Å². The smallest absolute Gasteiger partial charge is 0.218 e. The summed E-state index contributed by atoms with van der Waals surface area (Å²) in [4.78, 5) is 14.6. The van der Waals surface area contributed by atoms with Gasteiger partial charge in [0, 0.05) is 0 Å². The standard InChI is InChI=1S/C6H16N10/c7-3(8)15-5(11)13-1-2-14-6(12)16-4(9)10/h1-2H2,(H6,7,8,11,13,15)(H6,9,10,12,14,16). The maximum atomic E-state index is 5.33. The van der Waals surface area contributed by atoms with E-state index in [-0.39, 0.29) is 36.9 Å². The van der Waals surface area contributed by atoms with E-state index in [1.54, 1.807) is 0 Å². The molecule has 0 unspecified atom stereocenters. The molecule has 10 heteroatoms. The number of rotatable bonds is 3. The summed E-state index contributed by atoms with van der Waals surface area (Å²) in [7, 11) is 0. The lowest BCUT2D eigenvalue weighted by Gasteiger charge is -1.95. The summed E-state index contributed by atoms with van der Waals surface area (Å²) in [5.41, 5.74) is 31.0. The van der Waals surface area contributed by atoms with Gasteiger partial charge in [0.1, 0.15) is 0 Å². The van der Waals surface area contributed by atoms with Crippen molar-refractivity contribution in [3.8, 4) is 0 Å². The van der Waals surface area contributed by atoms with E-state index in [0.717, 1.165) is 0 Å². The van der Waals surface area contributed by atoms with Gasteiger partial charge in [-0.2, -0.15) is 9.98 Å². The molecule has 0 fully saturated rings. The molecule has 0 aliphatic heterocycles. The molecule has 12 N–H and O–H groups in total. The Hall–Kier alpha value is -2.52. The van der Waals surface area contributed by atoms with E-state index in [1.165, 1.54) is 0 Å². The lowest BCUT2D eigenvalue weighted by Crippen LogP contribution is -2.27. The minimum absolute atomic E-state index is 0.0318. The van der Waals surface area contributed by atoms with E-state index in [1.807, 2.05) is 0 Å². The van der Waals surface area contributed by atoms with Gasteiger partial charge in [0.15, 0.2) is 11.9 Å². The Kier molecular flexibility index (Phi) is 5.78. The van der Waals surface area contributed by atoms with Crippen LogP contribution >= 0.6 is 0 Å². The second-order valence-corrected chi connectivity index (χ2v) is 2.55. The average molecular weight is 228 g/mol. The predicted octanol–water partition coefficient (Wildman–Crippen LogP) is -3.84. The van der Waals surface area contributed by atoms with Crippen LogP contribution in [0.15, 0.2) is 20.0 Å². The Morgan fingerprint density at radius 3 is 1.19 bits per heavy atom. The number of aliphatic imine (C=N–C) groups is 4. The van der Waals surface area contributed by atoms with Crippen molar-refractivity contribution in [1.29, 1.82) is 0 Å². The van der Waals surface area contributed by atoms with E-state index < -0.39 is 0 Å². The van der Waals surface area contributed by atoms with Crippen LogP contribution in [0, 0.1) is 0 Å². The summed E-state index contributed by atoms with van der Waals surface area (Å²) < 4.78 is 0. The highest BCUT2D eigenvalue weighted by Crippen LogP contribution is 1.78. The van der Waals surface area contributed by atoms with E-state index in [0.29, 0.717) is 0 Å². The zero-order valence-corrected chi connectivity index (χ0v) is 8.67. The molecule has 0 aromatic heterocycles. The van der Waals surface area contributed by atoms with E-state index in [9.17, 15) is 0 Å². The first-order valence-corrected chi connectivity index (χ1v) is 4.21. The second-order valence-electron chi connectivity index (χ2n) is 2.55. The quantitative estimate of drug-likeness (QED) is 0.162. The minimum atomic E-state index is -0.162. The third-order valence-electron chi connectivity index (χ3n) is 1.13. The van der Waals surface area contributed by atoms with Gasteiger partial charge in [-0.05, 0) is 0 Å². The van der Waals surface area contributed by atoms with Gasteiger partial charge in [0.25, 0.3) is 0 Å². The molecule has 0 saturated heterocycles. The molecule has 0 amide bonds. The molecular weight excluding hydrogens is 212 g/mol. The molecule has 0 heterocycles. The Bertz CT molecular complexity index is 295. The van der Waals surface area contributed by atoms with Crippen LogP contribution in [0.3, 0.4) is 0 Å². The summed E-state index contributed by atoms with van der Waals surface area (Å²) in [6.45, 7) is 0.534. The normalized spacial score (nSPS) is 12.0. The number of hydrogen-bond acceptors (Lipinski definition) is 2. The van der Waals surface area contributed by atoms with Crippen LogP contribution in [-0.2, 0) is 0 Å². The number of nitrogens with two attached hydrogens (primary N) is 6. The lowest BCUT2D eigenvalue weighted by molar-refractivity contribution is 0.963. The van der Waals surface area contributed by atoms with Gasteiger partial charge in [-0.15, -0.1) is 0 Å². The zero-order chi connectivity index (χ0) is 12.6. The molecule has 0 aromatic carbocycles. The van der Waals surface area contributed by atoms with Crippen LogP contribution in [0.2, 0.25) is 0 Å². The van der Waals surface area contributed by atoms with Crippen molar-refractivity contribution in [2.24, 2.45) is 54.4 Å². The van der Waals surface area contributed by atoms with Crippen molar-refractivity contribution < 1.29 is 0 Å². The fourth-order valence-corrected chi connectivity index (χ4v) is 0.664. The Balaban J connectivity index is 4.10. The average Bonchev–Trinajstić information content (AvgIpc) is 2.10. The monoisotopic (exact) mass is 228 g/mol. The highest BCUT2D eigenvalue weighted by atomic mass is 15.1. The van der Waals surface area contributed by atoms with E-state index >= 15 is 0 Å². The lowest BCUT2D eigenvalue weighted by atomic mass is 10.6. The predicted molar refractivity (Wildman–Crippen MR) is 64.6 cm³/mol. The fourth-order valence-electron chi connectivity index (χ4n) is 0.664. The summed E-state index contributed by atoms with van der Waals surface area (Å²) in [5, 5.41) is 0. The Morgan fingerprint density at radius 1 is 0.625 bits per heavy atom. The van der Waals surface area contributed by atoms with Gasteiger partial charge in [-0.3, -0.25) is 0 Å². The van der Waals surface area contributed by atoms with Crippen molar-refractivity contribution in [3.63, 3.8) is 0 Å². The summed E-state index contributed by atoms with van der Waals surface area (Å²) in [6.07, 6.45) is 0. The van der Waals surface area contributed by atoms with Gasteiger partial charge < -0.3 is 34.4 Å². The Morgan fingerprint density at radius 2 is 0.938 bits per heavy atom. The van der Waals surface area contributed by atoms with Crippen LogP contribution in [-0.4, -0.2) is 36.9 Å². The molecule has 0 radical (unpaired) electrons. The first-order valence-electron chi connectivity index (χ1n) is 4.21. The molecule has 16 heavy (non-hydrogen) atoms. The molecule has 0 atom stereocenters. The van der Waals surface area contributed by atoms with Crippen molar-refractivity contribution in [3.05, 3.63) is 0 Å². The van der Waals surface area contributed by atoms with E-state index in [2.05, 4.69) is 20.0 Å². The topological polar surface area (TPSA) is 206 Å². The maximum Gasteiger partial charge on any atom is 0.218 e. The van der Waals surface area contributed by atoms with Gasteiger partial charge in [-0.25, -0.2) is 9.98 Å². The highest BCUT2D eigenvalue weighted by molar-refractivity contribution is 5.93. The zero-order valence-electron chi connectivity index (χ0n) is 8.67. The molecule has 10 nitrogen and oxygen atoms in total. The maximum absolute atomic E-state index is 5.33. The van der Waals surface area contributed by atoms with Crippen LogP contribution < -0.4 is 34.4 Å². The molecule has 0 aromatic rings. The fraction of sp³-hybridized carbons (Fsp3) is 0.333. The van der Waals surface area contributed by atoms with E-state index in [4.69, 9.17) is 34.4 Å². The molecule has 0 bridgehead atoms. The third-order valence-corrected chi connectivity index (χ3v) is 1.13. The molecule has 0 aliphatic carbocycles. The molecule has 0 rings (SSSR count). The van der Waals surface area contributed by atoms with Crippen LogP contribution in [0.1, 0.15) is 0 Å². The van der Waals surface area contributed by atoms with Gasteiger partial charge in [0.2, 0.25) is 11.9 Å². The second kappa shape index (κ2) is 6.86. The third kappa shape index (κ3) is 8.10. The summed E-state index contributed by atoms with van der Waals surface area (Å²) in [5.74, 6) is -0.388. The highest BCUT2D eigenvalue weighted by Gasteiger charge is 1.90. The molecule has 0 spiro atoms. The first-order chi connectivity index (χ1) is 7.41. The van der Waals surface area contributed by atoms with Crippen molar-refractivity contribution >= 4 is 23.8 Å². The first kappa shape index (κ1) is 13.5. The van der Waals surface area contributed by atoms with Crippen molar-refractivity contribution in [1.82, 2.24) is 0 Å². The van der Waals surface area contributed by atoms with Gasteiger partial charge >= 0.3 is 0 Å². The Labute approximate surface area is 92.2 Å². The summed E-state index contributed by atoms with van der Waals surface area (Å²) >= 11 is 0. The molecular formula is C6H16N10. The SMILES string of the molecule is NC(N)=NC(N)=NCCN=C(N)N=C(N)N. The molecule has 0 saturated carbocycles. The largest absolute Gasteiger partial charge is 0.370 e. The molecule has 0 aliphatic rings.